The predicted molar refractivity (Wildman–Crippen MR) is 217 cm³/mol. The van der Waals surface area contributed by atoms with Crippen LogP contribution in [0.5, 0.6) is 0 Å². The van der Waals surface area contributed by atoms with Crippen LogP contribution >= 0.6 is 0 Å². The lowest BCUT2D eigenvalue weighted by atomic mass is 9.88. The van der Waals surface area contributed by atoms with Crippen LogP contribution in [0.4, 0.5) is 0 Å². The van der Waals surface area contributed by atoms with Crippen LogP contribution in [-0.2, 0) is 58.8 Å². The number of aliphatic hydroxyl groups excluding tert-OH is 4. The van der Waals surface area contributed by atoms with Gasteiger partial charge in [-0.05, 0) is 28.8 Å². The molecule has 1 saturated heterocycles. The number of carbonyl (C=O) groups excluding carboxylic acids is 4. The number of amides is 4. The number of carboxylic acids is 1. The molecule has 6 atom stereocenters. The minimum atomic E-state index is -2.48. The number of ether oxygens (including phenoxy) is 6. The largest absolute Gasteiger partial charge is 0.477 e. The quantitative estimate of drug-likeness (QED) is 0.0318. The molecule has 0 bridgehead atoms. The number of aromatic nitrogens is 4. The van der Waals surface area contributed by atoms with Crippen molar-refractivity contribution in [2.75, 3.05) is 85.7 Å². The van der Waals surface area contributed by atoms with E-state index >= 15 is 0 Å². The summed E-state index contributed by atoms with van der Waals surface area (Å²) in [5, 5.41) is 76.2. The lowest BCUT2D eigenvalue weighted by molar-refractivity contribution is -0.310. The van der Waals surface area contributed by atoms with Gasteiger partial charge in [-0.25, -0.2) is 9.89 Å². The van der Waals surface area contributed by atoms with Crippen LogP contribution in [0.1, 0.15) is 51.0 Å². The molecule has 1 aromatic carbocycles. The highest BCUT2D eigenvalue weighted by molar-refractivity contribution is 5.79. The maximum absolute atomic E-state index is 12.7. The van der Waals surface area contributed by atoms with Crippen LogP contribution < -0.4 is 21.3 Å². The highest BCUT2D eigenvalue weighted by Gasteiger charge is 2.55. The number of carbonyl (C=O) groups is 5. The fourth-order valence-corrected chi connectivity index (χ4v) is 6.17. The first kappa shape index (κ1) is 52.6. The Kier molecular flexibility index (Phi) is 24.7. The maximum atomic E-state index is 12.7. The number of nitrogens with one attached hydrogen (secondary N) is 5. The number of nitrogens with zero attached hydrogens (tertiary/aromatic N) is 3. The first-order valence-electron chi connectivity index (χ1n) is 20.8. The van der Waals surface area contributed by atoms with Gasteiger partial charge in [-0.3, -0.25) is 19.2 Å². The van der Waals surface area contributed by atoms with Crippen molar-refractivity contribution in [2.45, 2.75) is 88.1 Å². The summed E-state index contributed by atoms with van der Waals surface area (Å²) in [5.74, 6) is -5.43. The smallest absolute Gasteiger partial charge is 0.364 e. The summed E-state index contributed by atoms with van der Waals surface area (Å²) < 4.78 is 33.0. The third kappa shape index (κ3) is 20.1. The number of H-pyrrole nitrogens is 1. The summed E-state index contributed by atoms with van der Waals surface area (Å²) in [6.07, 6.45) is -5.48. The van der Waals surface area contributed by atoms with Crippen molar-refractivity contribution in [3.8, 4) is 11.4 Å². The van der Waals surface area contributed by atoms with Gasteiger partial charge in [0, 0.05) is 45.0 Å². The minimum Gasteiger partial charge on any atom is -0.477 e. The summed E-state index contributed by atoms with van der Waals surface area (Å²) >= 11 is 0. The Morgan fingerprint density at radius 3 is 2.10 bits per heavy atom. The van der Waals surface area contributed by atoms with Gasteiger partial charge < -0.3 is 75.2 Å². The summed E-state index contributed by atoms with van der Waals surface area (Å²) in [7, 11) is 0. The second-order valence-electron chi connectivity index (χ2n) is 14.4. The molecule has 0 aliphatic carbocycles. The minimum absolute atomic E-state index is 0.0922. The maximum Gasteiger partial charge on any atom is 0.364 e. The topological polar surface area (TPSA) is 344 Å². The Morgan fingerprint density at radius 2 is 1.48 bits per heavy atom. The van der Waals surface area contributed by atoms with Crippen LogP contribution in [0.3, 0.4) is 0 Å². The van der Waals surface area contributed by atoms with E-state index in [0.29, 0.717) is 102 Å². The fraction of sp³-hybridized carbons (Fsp3) is 0.692. The molecule has 24 nitrogen and oxygen atoms in total. The summed E-state index contributed by atoms with van der Waals surface area (Å²) in [6.45, 7) is 3.58. The normalized spacial score (nSPS) is 19.5. The molecule has 24 heteroatoms. The Bertz CT molecular complexity index is 1640. The molecular formula is C39H62N8O16. The number of unbranched alkanes of at least 4 members (excludes halogenated alkanes) is 3. The van der Waals surface area contributed by atoms with Crippen LogP contribution in [-0.4, -0.2) is 198 Å². The first-order chi connectivity index (χ1) is 30.3. The fourth-order valence-electron chi connectivity index (χ4n) is 6.17. The zero-order chi connectivity index (χ0) is 45.9. The van der Waals surface area contributed by atoms with Gasteiger partial charge in [0.15, 0.2) is 5.82 Å². The van der Waals surface area contributed by atoms with Crippen LogP contribution in [0.2, 0.25) is 0 Å². The van der Waals surface area contributed by atoms with E-state index in [4.69, 9.17) is 28.4 Å². The number of rotatable bonds is 33. The van der Waals surface area contributed by atoms with Gasteiger partial charge in [0.05, 0.1) is 84.1 Å². The van der Waals surface area contributed by atoms with E-state index in [1.165, 1.54) is 6.92 Å². The van der Waals surface area contributed by atoms with Gasteiger partial charge in [-0.15, -0.1) is 5.10 Å². The number of aromatic amines is 1. The third-order valence-corrected chi connectivity index (χ3v) is 9.48. The van der Waals surface area contributed by atoms with Crippen molar-refractivity contribution in [2.24, 2.45) is 0 Å². The number of hydrogen-bond donors (Lipinski definition) is 10. The third-order valence-electron chi connectivity index (χ3n) is 9.48. The summed E-state index contributed by atoms with van der Waals surface area (Å²) in [5.41, 5.74) is 1.31. The van der Waals surface area contributed by atoms with E-state index in [0.717, 1.165) is 0 Å². The molecule has 4 amide bonds. The van der Waals surface area contributed by atoms with E-state index in [2.05, 4.69) is 41.9 Å². The number of aliphatic hydroxyl groups is 4. The monoisotopic (exact) mass is 898 g/mol. The van der Waals surface area contributed by atoms with Gasteiger partial charge in [-0.2, -0.15) is 0 Å². The van der Waals surface area contributed by atoms with Crippen LogP contribution in [0, 0.1) is 0 Å². The molecule has 0 unspecified atom stereocenters. The Labute approximate surface area is 364 Å². The first-order valence-corrected chi connectivity index (χ1v) is 20.8. The SMILES string of the molecule is CC(=O)NCCOCCOCCOCCOCCC(=O)NCCCCCCO[C@]1(C(=O)O)C[C@H](O)[C@@H](NC(=O)CO)[C@H]([C@H](O)[C@H](O)CNC(=O)Cc2ccc(-c3nnn[nH]3)cc2)O1. The molecule has 0 saturated carbocycles. The van der Waals surface area contributed by atoms with Gasteiger partial charge in [-0.1, -0.05) is 37.1 Å². The van der Waals surface area contributed by atoms with E-state index in [1.54, 1.807) is 24.3 Å². The number of tetrazole rings is 1. The number of aliphatic carboxylic acids is 1. The van der Waals surface area contributed by atoms with Crippen molar-refractivity contribution < 1.29 is 77.9 Å². The van der Waals surface area contributed by atoms with Gasteiger partial charge in [0.2, 0.25) is 23.6 Å². The molecule has 2 heterocycles. The van der Waals surface area contributed by atoms with Gasteiger partial charge in [0.25, 0.3) is 5.79 Å². The Hall–Kier alpha value is -4.76. The van der Waals surface area contributed by atoms with Crippen LogP contribution in [0.15, 0.2) is 24.3 Å². The van der Waals surface area contributed by atoms with Crippen LogP contribution in [0.25, 0.3) is 11.4 Å². The highest BCUT2D eigenvalue weighted by Crippen LogP contribution is 2.34. The highest BCUT2D eigenvalue weighted by atomic mass is 16.7. The molecule has 1 aliphatic rings. The molecule has 63 heavy (non-hydrogen) atoms. The summed E-state index contributed by atoms with van der Waals surface area (Å²) in [4.78, 5) is 60.3. The average molecular weight is 899 g/mol. The standard InChI is InChI=1S/C39H62N8O16/c1-26(49)40-12-15-59-17-19-61-21-20-60-18-16-58-14-10-31(52)41-11-4-2-3-5-13-62-39(38(56)57)23-29(50)34(43-33(54)25-48)36(63-39)35(55)30(51)24-42-32(53)22-27-6-8-28(9-7-27)37-44-46-47-45-37/h6-9,29-30,34-36,48,50-51,55H,2-5,10-25H2,1H3,(H,40,49)(H,41,52)(H,42,53)(H,43,54)(H,56,57)(H,44,45,46,47)/t29-,30+,34+,35+,36+,39+/m0/s1. The van der Waals surface area contributed by atoms with Crippen molar-refractivity contribution >= 4 is 29.6 Å². The molecular weight excluding hydrogens is 836 g/mol. The Balaban J connectivity index is 1.32. The zero-order valence-corrected chi connectivity index (χ0v) is 35.4. The zero-order valence-electron chi connectivity index (χ0n) is 35.4. The lowest BCUT2D eigenvalue weighted by Gasteiger charge is -2.46. The molecule has 0 radical (unpaired) electrons. The molecule has 1 fully saturated rings. The molecule has 0 spiro atoms. The predicted octanol–water partition coefficient (Wildman–Crippen LogP) is -3.06. The number of carboxylic acid groups (broad SMARTS) is 1. The van der Waals surface area contributed by atoms with Gasteiger partial charge in [0.1, 0.15) is 18.8 Å². The second-order valence-corrected chi connectivity index (χ2v) is 14.4. The average Bonchev–Trinajstić information content (AvgIpc) is 3.81. The number of hydrogen-bond acceptors (Lipinski definition) is 18. The Morgan fingerprint density at radius 1 is 0.825 bits per heavy atom. The summed E-state index contributed by atoms with van der Waals surface area (Å²) in [6, 6.07) is 5.30. The van der Waals surface area contributed by atoms with E-state index in [-0.39, 0.29) is 37.9 Å². The van der Waals surface area contributed by atoms with E-state index in [9.17, 15) is 49.5 Å². The molecule has 1 aromatic heterocycles. The van der Waals surface area contributed by atoms with Crippen molar-refractivity contribution in [1.82, 2.24) is 41.9 Å². The molecule has 10 N–H and O–H groups in total. The van der Waals surface area contributed by atoms with E-state index in [1.807, 2.05) is 0 Å². The van der Waals surface area contributed by atoms with Crippen molar-refractivity contribution in [3.05, 3.63) is 29.8 Å². The molecule has 2 aromatic rings. The van der Waals surface area contributed by atoms with Gasteiger partial charge >= 0.3 is 5.97 Å². The lowest BCUT2D eigenvalue weighted by Crippen LogP contribution is -2.68. The van der Waals surface area contributed by atoms with Crippen molar-refractivity contribution in [1.29, 1.82) is 0 Å². The van der Waals surface area contributed by atoms with Crippen molar-refractivity contribution in [3.63, 3.8) is 0 Å². The van der Waals surface area contributed by atoms with E-state index < -0.39 is 73.6 Å². The molecule has 354 valence electrons. The number of benzene rings is 1. The molecule has 1 aliphatic heterocycles. The second kappa shape index (κ2) is 29.6. The molecule has 3 rings (SSSR count).